The van der Waals surface area contributed by atoms with Gasteiger partial charge in [0.05, 0.1) is 18.6 Å². The first kappa shape index (κ1) is 25.1. The van der Waals surface area contributed by atoms with Crippen LogP contribution in [0, 0.1) is 0 Å². The highest BCUT2D eigenvalue weighted by Gasteiger charge is 2.30. The minimum Gasteiger partial charge on any atom is -1.00 e. The van der Waals surface area contributed by atoms with Gasteiger partial charge in [-0.1, -0.05) is 24.6 Å². The van der Waals surface area contributed by atoms with Gasteiger partial charge in [-0.05, 0) is 56.4 Å². The lowest BCUT2D eigenvalue weighted by Gasteiger charge is -2.09. The van der Waals surface area contributed by atoms with Crippen molar-refractivity contribution in [2.24, 2.45) is 0 Å². The zero-order valence-corrected chi connectivity index (χ0v) is 19.1. The number of hydrogen-bond donors (Lipinski definition) is 0. The van der Waals surface area contributed by atoms with Gasteiger partial charge in [0.2, 0.25) is 0 Å². The van der Waals surface area contributed by atoms with E-state index in [1.54, 1.807) is 6.92 Å². The second-order valence-electron chi connectivity index (χ2n) is 7.61. The molecule has 7 heteroatoms. The molecule has 0 aliphatic heterocycles. The number of carbonyl (C=O) groups is 1. The number of carbonyl (C=O) groups excluding carboxylic acids is 1. The van der Waals surface area contributed by atoms with Crippen molar-refractivity contribution < 1.29 is 44.3 Å². The molecule has 1 aliphatic rings. The summed E-state index contributed by atoms with van der Waals surface area (Å²) in [4.78, 5) is 12.0. The number of hydrogen-bond acceptors (Lipinski definition) is 2. The smallest absolute Gasteiger partial charge is 0.416 e. The van der Waals surface area contributed by atoms with Gasteiger partial charge in [0, 0.05) is 16.7 Å². The van der Waals surface area contributed by atoms with Crippen LogP contribution in [0.4, 0.5) is 13.2 Å². The molecule has 0 atom stereocenters. The van der Waals surface area contributed by atoms with Gasteiger partial charge in [-0.2, -0.15) is 17.7 Å². The Morgan fingerprint density at radius 3 is 2.48 bits per heavy atom. The van der Waals surface area contributed by atoms with Gasteiger partial charge in [-0.15, -0.1) is 0 Å². The molecule has 0 saturated carbocycles. The fourth-order valence-corrected chi connectivity index (χ4v) is 3.73. The van der Waals surface area contributed by atoms with Crippen molar-refractivity contribution in [1.82, 2.24) is 0 Å². The monoisotopic (exact) mass is 497 g/mol. The lowest BCUT2D eigenvalue weighted by atomic mass is 10.0. The molecule has 0 spiro atoms. The van der Waals surface area contributed by atoms with Crippen LogP contribution in [-0.2, 0) is 28.7 Å². The first-order valence-electron chi connectivity index (χ1n) is 10.4. The summed E-state index contributed by atoms with van der Waals surface area (Å²) in [6, 6.07) is 7.23. The number of rotatable bonds is 6. The highest BCUT2D eigenvalue weighted by Crippen LogP contribution is 2.29. The van der Waals surface area contributed by atoms with Crippen LogP contribution in [0.5, 0.6) is 0 Å². The van der Waals surface area contributed by atoms with Crippen LogP contribution < -0.4 is 21.5 Å². The van der Waals surface area contributed by atoms with E-state index in [1.165, 1.54) is 30.5 Å². The number of allylic oxidation sites excluding steroid dienone is 2. The Morgan fingerprint density at radius 2 is 1.81 bits per heavy atom. The van der Waals surface area contributed by atoms with E-state index in [0.717, 1.165) is 48.1 Å². The summed E-state index contributed by atoms with van der Waals surface area (Å²) in [5.74, 6) is -0.287. The van der Waals surface area contributed by atoms with Gasteiger partial charge in [-0.25, -0.2) is 0 Å². The van der Waals surface area contributed by atoms with Gasteiger partial charge in [0.15, 0.2) is 18.9 Å². The van der Waals surface area contributed by atoms with Crippen molar-refractivity contribution in [1.29, 1.82) is 0 Å². The maximum absolute atomic E-state index is 12.8. The fraction of sp³-hybridized carbons (Fsp3) is 0.417. The summed E-state index contributed by atoms with van der Waals surface area (Å²) in [5.41, 5.74) is 3.27. The molecule has 2 aromatic rings. The predicted molar refractivity (Wildman–Crippen MR) is 109 cm³/mol. The molecular formula is C24H27BrF3NO2. The number of esters is 1. The number of nitrogens with zero attached hydrogens (tertiary/aromatic N) is 1. The first-order chi connectivity index (χ1) is 14.3. The number of ether oxygens (including phenoxy) is 1. The lowest BCUT2D eigenvalue weighted by Crippen LogP contribution is -3.00. The number of pyridine rings is 1. The quantitative estimate of drug-likeness (QED) is 0.453. The molecule has 1 aromatic carbocycles. The Balaban J connectivity index is 0.00000341. The minimum absolute atomic E-state index is 0. The third kappa shape index (κ3) is 7.49. The van der Waals surface area contributed by atoms with Gasteiger partial charge in [-0.3, -0.25) is 4.79 Å². The predicted octanol–water partition coefficient (Wildman–Crippen LogP) is 2.50. The normalized spacial score (nSPS) is 14.3. The van der Waals surface area contributed by atoms with E-state index in [1.807, 2.05) is 23.0 Å². The molecule has 168 valence electrons. The van der Waals surface area contributed by atoms with Crippen LogP contribution in [0.2, 0.25) is 0 Å². The molecule has 31 heavy (non-hydrogen) atoms. The average molecular weight is 498 g/mol. The molecule has 3 nitrogen and oxygen atoms in total. The zero-order chi connectivity index (χ0) is 21.6. The number of aromatic nitrogens is 1. The van der Waals surface area contributed by atoms with E-state index >= 15 is 0 Å². The van der Waals surface area contributed by atoms with Crippen LogP contribution in [0.3, 0.4) is 0 Å². The maximum Gasteiger partial charge on any atom is 0.416 e. The third-order valence-electron chi connectivity index (χ3n) is 5.19. The van der Waals surface area contributed by atoms with E-state index in [9.17, 15) is 18.0 Å². The molecule has 1 aromatic heterocycles. The molecule has 1 heterocycles. The average Bonchev–Trinajstić information content (AvgIpc) is 2.97. The summed E-state index contributed by atoms with van der Waals surface area (Å²) in [7, 11) is 0. The summed E-state index contributed by atoms with van der Waals surface area (Å²) >= 11 is 0. The van der Waals surface area contributed by atoms with Crippen LogP contribution >= 0.6 is 0 Å². The van der Waals surface area contributed by atoms with E-state index in [-0.39, 0.29) is 29.4 Å². The zero-order valence-electron chi connectivity index (χ0n) is 17.6. The van der Waals surface area contributed by atoms with E-state index in [2.05, 4.69) is 6.08 Å². The van der Waals surface area contributed by atoms with Crippen molar-refractivity contribution >= 4 is 11.5 Å². The molecule has 0 fully saturated rings. The van der Waals surface area contributed by atoms with E-state index < -0.39 is 11.7 Å². The van der Waals surface area contributed by atoms with E-state index in [4.69, 9.17) is 4.74 Å². The lowest BCUT2D eigenvalue weighted by molar-refractivity contribution is -0.688. The summed E-state index contributed by atoms with van der Waals surface area (Å²) < 4.78 is 45.5. The number of benzene rings is 1. The first-order valence-corrected chi connectivity index (χ1v) is 10.4. The standard InChI is InChI=1S/C24H27F3NO2.BrH/c1-2-30-23(29)14-19-13-21(20-7-5-3-4-6-8-20)17-28(16-19)15-18-9-11-22(12-10-18)24(25,26)27;/h7,9-13,16-17H,2-6,8,14-15H2,1H3;1H/q+1;/p-1. The van der Waals surface area contributed by atoms with Crippen molar-refractivity contribution in [3.63, 3.8) is 0 Å². The molecule has 0 saturated heterocycles. The molecule has 3 rings (SSSR count). The topological polar surface area (TPSA) is 30.2 Å². The number of alkyl halides is 3. The van der Waals surface area contributed by atoms with Crippen LogP contribution in [0.15, 0.2) is 48.8 Å². The van der Waals surface area contributed by atoms with Crippen molar-refractivity contribution in [2.45, 2.75) is 58.2 Å². The highest BCUT2D eigenvalue weighted by atomic mass is 79.9. The van der Waals surface area contributed by atoms with Crippen molar-refractivity contribution in [2.75, 3.05) is 6.61 Å². The second kappa shape index (κ2) is 11.5. The number of halogens is 4. The molecule has 0 unspecified atom stereocenters. The Morgan fingerprint density at radius 1 is 1.06 bits per heavy atom. The summed E-state index contributed by atoms with van der Waals surface area (Å²) in [5, 5.41) is 0. The molecule has 1 aliphatic carbocycles. The summed E-state index contributed by atoms with van der Waals surface area (Å²) in [6.45, 7) is 2.53. The Labute approximate surface area is 191 Å². The van der Waals surface area contributed by atoms with E-state index in [0.29, 0.717) is 13.2 Å². The Hall–Kier alpha value is -2.15. The minimum atomic E-state index is -4.34. The van der Waals surface area contributed by atoms with Crippen LogP contribution in [0.25, 0.3) is 5.57 Å². The molecule has 0 bridgehead atoms. The SMILES string of the molecule is CCOC(=O)Cc1cc(C2=CCCCCC2)c[n+](Cc2ccc(C(F)(F)F)cc2)c1.[Br-]. The molecule has 0 amide bonds. The van der Waals surface area contributed by atoms with Gasteiger partial charge < -0.3 is 21.7 Å². The maximum atomic E-state index is 12.8. The van der Waals surface area contributed by atoms with Gasteiger partial charge >= 0.3 is 12.1 Å². The molecule has 0 radical (unpaired) electrons. The van der Waals surface area contributed by atoms with Gasteiger partial charge in [0.25, 0.3) is 0 Å². The highest BCUT2D eigenvalue weighted by molar-refractivity contribution is 5.73. The largest absolute Gasteiger partial charge is 1.00 e. The van der Waals surface area contributed by atoms with Crippen molar-refractivity contribution in [3.8, 4) is 0 Å². The third-order valence-corrected chi connectivity index (χ3v) is 5.19. The molecule has 0 N–H and O–H groups in total. The van der Waals surface area contributed by atoms with Crippen LogP contribution in [-0.4, -0.2) is 12.6 Å². The Bertz CT molecular complexity index is 908. The second-order valence-corrected chi connectivity index (χ2v) is 7.61. The van der Waals surface area contributed by atoms with Crippen LogP contribution in [0.1, 0.15) is 61.3 Å². The summed E-state index contributed by atoms with van der Waals surface area (Å²) in [6.07, 6.45) is 7.52. The van der Waals surface area contributed by atoms with Crippen molar-refractivity contribution in [3.05, 3.63) is 71.1 Å². The molecular weight excluding hydrogens is 471 g/mol. The fourth-order valence-electron chi connectivity index (χ4n) is 3.73. The Kier molecular flexibility index (Phi) is 9.29. The van der Waals surface area contributed by atoms with Gasteiger partial charge in [0.1, 0.15) is 0 Å².